The van der Waals surface area contributed by atoms with E-state index in [0.717, 1.165) is 26.7 Å². The van der Waals surface area contributed by atoms with E-state index in [1.807, 2.05) is 36.4 Å². The zero-order valence-electron chi connectivity index (χ0n) is 20.6. The number of para-hydroxylation sites is 1. The maximum Gasteiger partial charge on any atom is 0.411 e. The van der Waals surface area contributed by atoms with Crippen LogP contribution in [0, 0.1) is 0 Å². The van der Waals surface area contributed by atoms with Crippen molar-refractivity contribution in [2.45, 2.75) is 12.8 Å². The third kappa shape index (κ3) is 4.97. The van der Waals surface area contributed by atoms with Crippen molar-refractivity contribution < 1.29 is 23.9 Å². The molecule has 0 aliphatic heterocycles. The van der Waals surface area contributed by atoms with E-state index in [0.29, 0.717) is 5.56 Å². The number of carbonyl (C=O) groups is 3. The predicted octanol–water partition coefficient (Wildman–Crippen LogP) is 7.22. The van der Waals surface area contributed by atoms with Crippen LogP contribution in [-0.2, 0) is 9.47 Å². The Kier molecular flexibility index (Phi) is 7.38. The molecule has 1 amide bonds. The Morgan fingerprint density at radius 1 is 0.763 bits per heavy atom. The number of carbonyl (C=O) groups excluding carboxylic acids is 3. The van der Waals surface area contributed by atoms with E-state index >= 15 is 0 Å². The third-order valence-electron chi connectivity index (χ3n) is 6.48. The minimum atomic E-state index is -0.770. The summed E-state index contributed by atoms with van der Waals surface area (Å²) < 4.78 is 11.7. The summed E-state index contributed by atoms with van der Waals surface area (Å²) in [5.74, 6) is -1.12. The van der Waals surface area contributed by atoms with E-state index in [-0.39, 0.29) is 41.7 Å². The Morgan fingerprint density at radius 3 is 2.00 bits per heavy atom. The predicted molar refractivity (Wildman–Crippen MR) is 149 cm³/mol. The number of ketones is 1. The fourth-order valence-corrected chi connectivity index (χ4v) is 5.01. The molecule has 0 unspecified atom stereocenters. The highest BCUT2D eigenvalue weighted by Gasteiger charge is 2.29. The van der Waals surface area contributed by atoms with Gasteiger partial charge >= 0.3 is 12.1 Å². The first-order chi connectivity index (χ1) is 18.5. The third-order valence-corrected chi connectivity index (χ3v) is 7.01. The highest BCUT2D eigenvalue weighted by Crippen LogP contribution is 2.44. The SMILES string of the molecule is CCOC(=O)c1cccc(C(=O)c2ccc(Br)cc2)c1NC(=O)OCC1c2ccccc2-c2ccccc21. The number of amides is 1. The van der Waals surface area contributed by atoms with Crippen molar-refractivity contribution in [2.24, 2.45) is 0 Å². The highest BCUT2D eigenvalue weighted by atomic mass is 79.9. The van der Waals surface area contributed by atoms with Gasteiger partial charge in [-0.05, 0) is 65.6 Å². The Labute approximate surface area is 228 Å². The molecule has 0 fully saturated rings. The topological polar surface area (TPSA) is 81.7 Å². The van der Waals surface area contributed by atoms with E-state index in [9.17, 15) is 14.4 Å². The molecule has 0 spiro atoms. The molecule has 4 aromatic carbocycles. The highest BCUT2D eigenvalue weighted by molar-refractivity contribution is 9.10. The zero-order valence-corrected chi connectivity index (χ0v) is 22.2. The molecule has 0 saturated carbocycles. The number of nitrogens with one attached hydrogen (secondary N) is 1. The van der Waals surface area contributed by atoms with Gasteiger partial charge in [-0.2, -0.15) is 0 Å². The quantitative estimate of drug-likeness (QED) is 0.188. The number of hydrogen-bond donors (Lipinski definition) is 1. The van der Waals surface area contributed by atoms with Crippen LogP contribution in [-0.4, -0.2) is 31.1 Å². The smallest absolute Gasteiger partial charge is 0.411 e. The molecule has 1 N–H and O–H groups in total. The molecule has 5 rings (SSSR count). The Morgan fingerprint density at radius 2 is 1.37 bits per heavy atom. The molecular weight excluding hydrogens is 546 g/mol. The summed E-state index contributed by atoms with van der Waals surface area (Å²) in [6, 6.07) is 27.6. The van der Waals surface area contributed by atoms with E-state index in [2.05, 4.69) is 33.4 Å². The zero-order chi connectivity index (χ0) is 26.6. The summed E-state index contributed by atoms with van der Waals surface area (Å²) in [6.45, 7) is 1.93. The molecule has 1 aliphatic carbocycles. The van der Waals surface area contributed by atoms with Crippen molar-refractivity contribution in [3.63, 3.8) is 0 Å². The van der Waals surface area contributed by atoms with Gasteiger partial charge in [0.2, 0.25) is 0 Å². The first-order valence-electron chi connectivity index (χ1n) is 12.2. The molecule has 0 radical (unpaired) electrons. The standard InChI is InChI=1S/C31H24BrNO5/c1-2-37-30(35)26-13-7-12-25(29(34)19-14-16-20(32)17-15-19)28(26)33-31(36)38-18-27-23-10-5-3-8-21(23)22-9-4-6-11-24(22)27/h3-17,27H,2,18H2,1H3,(H,33,36). The average Bonchev–Trinajstić information content (AvgIpc) is 3.26. The first kappa shape index (κ1) is 25.4. The summed E-state index contributed by atoms with van der Waals surface area (Å²) in [7, 11) is 0. The number of hydrogen-bond acceptors (Lipinski definition) is 5. The van der Waals surface area contributed by atoms with Crippen molar-refractivity contribution in [1.29, 1.82) is 0 Å². The van der Waals surface area contributed by atoms with Crippen LogP contribution in [0.15, 0.2) is 95.5 Å². The molecule has 7 heteroatoms. The fourth-order valence-electron chi connectivity index (χ4n) is 4.75. The van der Waals surface area contributed by atoms with Gasteiger partial charge in [-0.25, -0.2) is 9.59 Å². The summed E-state index contributed by atoms with van der Waals surface area (Å²) >= 11 is 3.37. The van der Waals surface area contributed by atoms with Crippen molar-refractivity contribution >= 4 is 39.5 Å². The van der Waals surface area contributed by atoms with Gasteiger partial charge in [0.25, 0.3) is 0 Å². The van der Waals surface area contributed by atoms with Gasteiger partial charge in [0.1, 0.15) is 6.61 Å². The van der Waals surface area contributed by atoms with E-state index in [1.165, 1.54) is 6.07 Å². The molecule has 38 heavy (non-hydrogen) atoms. The van der Waals surface area contributed by atoms with Crippen molar-refractivity contribution in [2.75, 3.05) is 18.5 Å². The lowest BCUT2D eigenvalue weighted by atomic mass is 9.98. The van der Waals surface area contributed by atoms with E-state index in [4.69, 9.17) is 9.47 Å². The number of ether oxygens (including phenoxy) is 2. The summed E-state index contributed by atoms with van der Waals surface area (Å²) in [6.07, 6.45) is -0.770. The van der Waals surface area contributed by atoms with Gasteiger partial charge in [0, 0.05) is 21.5 Å². The molecule has 6 nitrogen and oxygen atoms in total. The summed E-state index contributed by atoms with van der Waals surface area (Å²) in [4.78, 5) is 39.2. The molecule has 1 aliphatic rings. The number of anilines is 1. The number of esters is 1. The van der Waals surface area contributed by atoms with Gasteiger partial charge in [-0.1, -0.05) is 70.5 Å². The molecule has 0 bridgehead atoms. The van der Waals surface area contributed by atoms with Crippen LogP contribution in [0.5, 0.6) is 0 Å². The van der Waals surface area contributed by atoms with E-state index < -0.39 is 12.1 Å². The Bertz CT molecular complexity index is 1480. The van der Waals surface area contributed by atoms with Gasteiger partial charge in [-0.15, -0.1) is 0 Å². The number of halogens is 1. The van der Waals surface area contributed by atoms with Crippen LogP contribution < -0.4 is 5.32 Å². The lowest BCUT2D eigenvalue weighted by Gasteiger charge is -2.17. The second-order valence-electron chi connectivity index (χ2n) is 8.74. The van der Waals surface area contributed by atoms with Crippen LogP contribution in [0.4, 0.5) is 10.5 Å². The van der Waals surface area contributed by atoms with E-state index in [1.54, 1.807) is 43.3 Å². The average molecular weight is 570 g/mol. The van der Waals surface area contributed by atoms with Gasteiger partial charge in [-0.3, -0.25) is 10.1 Å². The van der Waals surface area contributed by atoms with Crippen molar-refractivity contribution in [3.8, 4) is 11.1 Å². The normalized spacial score (nSPS) is 11.8. The lowest BCUT2D eigenvalue weighted by Crippen LogP contribution is -2.22. The Balaban J connectivity index is 1.42. The molecule has 190 valence electrons. The number of benzene rings is 4. The summed E-state index contributed by atoms with van der Waals surface area (Å²) in [5.41, 5.74) is 5.09. The number of fused-ring (bicyclic) bond motifs is 3. The van der Waals surface area contributed by atoms with Gasteiger partial charge in [0.15, 0.2) is 5.78 Å². The minimum absolute atomic E-state index is 0.0519. The lowest BCUT2D eigenvalue weighted by molar-refractivity contribution is 0.0527. The minimum Gasteiger partial charge on any atom is -0.462 e. The molecule has 4 aromatic rings. The van der Waals surface area contributed by atoms with Crippen LogP contribution in [0.3, 0.4) is 0 Å². The van der Waals surface area contributed by atoms with Crippen molar-refractivity contribution in [1.82, 2.24) is 0 Å². The second kappa shape index (κ2) is 11.0. The Hall–Kier alpha value is -4.23. The molecule has 0 atom stereocenters. The monoisotopic (exact) mass is 569 g/mol. The van der Waals surface area contributed by atoms with Gasteiger partial charge < -0.3 is 9.47 Å². The van der Waals surface area contributed by atoms with Crippen LogP contribution in [0.25, 0.3) is 11.1 Å². The van der Waals surface area contributed by atoms with Crippen molar-refractivity contribution in [3.05, 3.63) is 123 Å². The van der Waals surface area contributed by atoms with Crippen LogP contribution in [0.1, 0.15) is 50.2 Å². The maximum absolute atomic E-state index is 13.4. The fraction of sp³-hybridized carbons (Fsp3) is 0.129. The maximum atomic E-state index is 13.4. The first-order valence-corrected chi connectivity index (χ1v) is 13.0. The van der Waals surface area contributed by atoms with Crippen LogP contribution in [0.2, 0.25) is 0 Å². The molecular formula is C31H24BrNO5. The largest absolute Gasteiger partial charge is 0.462 e. The molecule has 0 saturated heterocycles. The number of rotatable bonds is 7. The van der Waals surface area contributed by atoms with Gasteiger partial charge in [0.05, 0.1) is 17.9 Å². The second-order valence-corrected chi connectivity index (χ2v) is 9.65. The molecule has 0 heterocycles. The molecule has 0 aromatic heterocycles. The van der Waals surface area contributed by atoms with Crippen LogP contribution >= 0.6 is 15.9 Å². The summed E-state index contributed by atoms with van der Waals surface area (Å²) in [5, 5.41) is 2.66.